The first-order valence-corrected chi connectivity index (χ1v) is 5.60. The molecule has 0 unspecified atom stereocenters. The second-order valence-electron chi connectivity index (χ2n) is 5.51. The minimum atomic E-state index is -0.260. The first kappa shape index (κ1) is 8.25. The second kappa shape index (κ2) is 2.48. The Hall–Kier alpha value is -0.0800. The number of nitrogens with one attached hydrogen (secondary N) is 1. The highest BCUT2D eigenvalue weighted by Crippen LogP contribution is 2.55. The van der Waals surface area contributed by atoms with Crippen LogP contribution in [0.25, 0.3) is 0 Å². The van der Waals surface area contributed by atoms with Crippen molar-refractivity contribution in [3.63, 3.8) is 0 Å². The van der Waals surface area contributed by atoms with Gasteiger partial charge in [-0.25, -0.2) is 0 Å². The Balaban J connectivity index is 1.90. The number of rotatable bonds is 1. The molecule has 2 atom stereocenters. The van der Waals surface area contributed by atoms with Crippen LogP contribution < -0.4 is 5.32 Å². The average Bonchev–Trinajstić information content (AvgIpc) is 2.00. The van der Waals surface area contributed by atoms with E-state index >= 15 is 0 Å². The van der Waals surface area contributed by atoms with Crippen molar-refractivity contribution >= 4 is 0 Å². The van der Waals surface area contributed by atoms with Gasteiger partial charge >= 0.3 is 0 Å². The van der Waals surface area contributed by atoms with E-state index in [2.05, 4.69) is 12.4 Å². The normalized spacial score (nSPS) is 58.6. The molecule has 2 nitrogen and oxygen atoms in total. The van der Waals surface area contributed by atoms with Crippen molar-refractivity contribution in [1.82, 2.24) is 5.32 Å². The fourth-order valence-corrected chi connectivity index (χ4v) is 4.45. The molecule has 13 heavy (non-hydrogen) atoms. The maximum atomic E-state index is 10.3. The van der Waals surface area contributed by atoms with E-state index in [-0.39, 0.29) is 5.60 Å². The highest BCUT2D eigenvalue weighted by atomic mass is 16.3. The van der Waals surface area contributed by atoms with Crippen LogP contribution in [0.15, 0.2) is 0 Å². The summed E-state index contributed by atoms with van der Waals surface area (Å²) in [5, 5.41) is 13.7. The van der Waals surface area contributed by atoms with Gasteiger partial charge in [0.05, 0.1) is 5.60 Å². The molecule has 0 saturated heterocycles. The van der Waals surface area contributed by atoms with E-state index in [0.29, 0.717) is 6.04 Å². The zero-order valence-electron chi connectivity index (χ0n) is 8.29. The van der Waals surface area contributed by atoms with Crippen LogP contribution in [0.5, 0.6) is 0 Å². The van der Waals surface area contributed by atoms with Gasteiger partial charge in [-0.05, 0) is 56.9 Å². The topological polar surface area (TPSA) is 32.3 Å². The summed E-state index contributed by atoms with van der Waals surface area (Å²) in [5.41, 5.74) is -0.260. The Morgan fingerprint density at radius 1 is 1.15 bits per heavy atom. The van der Waals surface area contributed by atoms with Crippen molar-refractivity contribution < 1.29 is 5.11 Å². The van der Waals surface area contributed by atoms with Gasteiger partial charge < -0.3 is 10.4 Å². The molecule has 4 aliphatic rings. The predicted molar refractivity (Wildman–Crippen MR) is 51.4 cm³/mol. The summed E-state index contributed by atoms with van der Waals surface area (Å²) in [4.78, 5) is 0. The van der Waals surface area contributed by atoms with Gasteiger partial charge in [0, 0.05) is 6.04 Å². The Kier molecular flexibility index (Phi) is 1.58. The molecule has 4 rings (SSSR count). The van der Waals surface area contributed by atoms with E-state index in [9.17, 15) is 5.11 Å². The molecule has 0 aliphatic heterocycles. The lowest BCUT2D eigenvalue weighted by molar-refractivity contribution is -0.137. The molecule has 0 heterocycles. The van der Waals surface area contributed by atoms with Gasteiger partial charge in [-0.2, -0.15) is 0 Å². The highest BCUT2D eigenvalue weighted by molar-refractivity contribution is 5.07. The number of hydrogen-bond donors (Lipinski definition) is 2. The lowest BCUT2D eigenvalue weighted by atomic mass is 9.52. The van der Waals surface area contributed by atoms with Crippen LogP contribution in [0.1, 0.15) is 32.1 Å². The van der Waals surface area contributed by atoms with E-state index < -0.39 is 0 Å². The molecule has 0 amide bonds. The van der Waals surface area contributed by atoms with Gasteiger partial charge in [-0.1, -0.05) is 0 Å². The van der Waals surface area contributed by atoms with Gasteiger partial charge in [-0.3, -0.25) is 0 Å². The molecule has 2 heteroatoms. The second-order valence-corrected chi connectivity index (χ2v) is 5.51. The van der Waals surface area contributed by atoms with E-state index in [1.54, 1.807) is 0 Å². The summed E-state index contributed by atoms with van der Waals surface area (Å²) in [5.74, 6) is 2.37. The summed E-state index contributed by atoms with van der Waals surface area (Å²) >= 11 is 0. The van der Waals surface area contributed by atoms with Crippen molar-refractivity contribution in [1.29, 1.82) is 0 Å². The van der Waals surface area contributed by atoms with E-state index in [0.717, 1.165) is 37.0 Å². The standard InChI is InChI=1S/C11H19NO/c1-12-10-8-2-7-3-9(10)6-11(13,4-7)5-8/h7-10,12-13H,2-6H2,1H3/t7?,8-,9-,10?,11?/m0/s1. The van der Waals surface area contributed by atoms with Crippen molar-refractivity contribution in [2.24, 2.45) is 17.8 Å². The molecular formula is C11H19NO. The van der Waals surface area contributed by atoms with Crippen LogP contribution >= 0.6 is 0 Å². The summed E-state index contributed by atoms with van der Waals surface area (Å²) in [6.07, 6.45) is 5.95. The quantitative estimate of drug-likeness (QED) is 0.636. The maximum absolute atomic E-state index is 10.3. The van der Waals surface area contributed by atoms with E-state index in [1.807, 2.05) is 0 Å². The Labute approximate surface area is 79.7 Å². The Morgan fingerprint density at radius 3 is 2.23 bits per heavy atom. The lowest BCUT2D eigenvalue weighted by Gasteiger charge is -2.58. The third-order valence-electron chi connectivity index (χ3n) is 4.57. The van der Waals surface area contributed by atoms with Crippen LogP contribution in [0.3, 0.4) is 0 Å². The molecule has 0 aromatic heterocycles. The lowest BCUT2D eigenvalue weighted by Crippen LogP contribution is -2.60. The zero-order valence-corrected chi connectivity index (χ0v) is 8.29. The molecule has 4 bridgehead atoms. The SMILES string of the molecule is CNC1[C@H]2CC3C[C@H]1CC(O)(C3)C2. The highest BCUT2D eigenvalue weighted by Gasteiger charge is 2.54. The van der Waals surface area contributed by atoms with E-state index in [4.69, 9.17) is 0 Å². The van der Waals surface area contributed by atoms with E-state index in [1.165, 1.54) is 12.8 Å². The minimum absolute atomic E-state index is 0.260. The smallest absolute Gasteiger partial charge is 0.0657 e. The molecule has 4 aliphatic carbocycles. The fourth-order valence-electron chi connectivity index (χ4n) is 4.45. The van der Waals surface area contributed by atoms with Gasteiger partial charge in [0.1, 0.15) is 0 Å². The average molecular weight is 181 g/mol. The van der Waals surface area contributed by atoms with Crippen LogP contribution in [0.2, 0.25) is 0 Å². The Morgan fingerprint density at radius 2 is 1.77 bits per heavy atom. The monoisotopic (exact) mass is 181 g/mol. The molecule has 0 aromatic carbocycles. The van der Waals surface area contributed by atoms with Crippen LogP contribution in [0.4, 0.5) is 0 Å². The minimum Gasteiger partial charge on any atom is -0.390 e. The van der Waals surface area contributed by atoms with Crippen LogP contribution in [0, 0.1) is 17.8 Å². The van der Waals surface area contributed by atoms with Crippen molar-refractivity contribution in [3.05, 3.63) is 0 Å². The third kappa shape index (κ3) is 1.08. The summed E-state index contributed by atoms with van der Waals surface area (Å²) in [6, 6.07) is 0.705. The molecule has 0 radical (unpaired) electrons. The van der Waals surface area contributed by atoms with Crippen molar-refractivity contribution in [2.45, 2.75) is 43.7 Å². The van der Waals surface area contributed by atoms with Crippen molar-refractivity contribution in [3.8, 4) is 0 Å². The zero-order chi connectivity index (χ0) is 9.05. The van der Waals surface area contributed by atoms with Gasteiger partial charge in [0.15, 0.2) is 0 Å². The summed E-state index contributed by atoms with van der Waals surface area (Å²) < 4.78 is 0. The molecule has 4 fully saturated rings. The molecule has 0 aromatic rings. The van der Waals surface area contributed by atoms with Gasteiger partial charge in [0.2, 0.25) is 0 Å². The number of hydrogen-bond acceptors (Lipinski definition) is 2. The fraction of sp³-hybridized carbons (Fsp3) is 1.00. The van der Waals surface area contributed by atoms with Crippen LogP contribution in [-0.2, 0) is 0 Å². The predicted octanol–water partition coefficient (Wildman–Crippen LogP) is 1.15. The van der Waals surface area contributed by atoms with Gasteiger partial charge in [-0.15, -0.1) is 0 Å². The molecular weight excluding hydrogens is 162 g/mol. The third-order valence-corrected chi connectivity index (χ3v) is 4.57. The van der Waals surface area contributed by atoms with Crippen LogP contribution in [-0.4, -0.2) is 23.8 Å². The summed E-state index contributed by atoms with van der Waals surface area (Å²) in [6.45, 7) is 0. The molecule has 2 N–H and O–H groups in total. The molecule has 4 saturated carbocycles. The number of aliphatic hydroxyl groups is 1. The molecule has 74 valence electrons. The van der Waals surface area contributed by atoms with Crippen molar-refractivity contribution in [2.75, 3.05) is 7.05 Å². The molecule has 0 spiro atoms. The first-order chi connectivity index (χ1) is 6.20. The Bertz CT molecular complexity index is 212. The van der Waals surface area contributed by atoms with Gasteiger partial charge in [0.25, 0.3) is 0 Å². The maximum Gasteiger partial charge on any atom is 0.0657 e. The first-order valence-electron chi connectivity index (χ1n) is 5.60. The summed E-state index contributed by atoms with van der Waals surface area (Å²) in [7, 11) is 2.08. The largest absolute Gasteiger partial charge is 0.390 e.